The van der Waals surface area contributed by atoms with E-state index in [9.17, 15) is 0 Å². The van der Waals surface area contributed by atoms with Gasteiger partial charge in [0.2, 0.25) is 0 Å². The van der Waals surface area contributed by atoms with Crippen LogP contribution in [0.2, 0.25) is 5.02 Å². The van der Waals surface area contributed by atoms with Gasteiger partial charge >= 0.3 is 0 Å². The topological polar surface area (TPSA) is 49.2 Å². The van der Waals surface area contributed by atoms with E-state index in [4.69, 9.17) is 21.1 Å². The Kier molecular flexibility index (Phi) is 4.80. The first kappa shape index (κ1) is 14.8. The Bertz CT molecular complexity index is 597. The summed E-state index contributed by atoms with van der Waals surface area (Å²) in [5.41, 5.74) is 1.00. The second-order valence-electron chi connectivity index (χ2n) is 4.79. The highest BCUT2D eigenvalue weighted by Crippen LogP contribution is 2.25. The fraction of sp³-hybridized carbons (Fsp3) is 0.429. The summed E-state index contributed by atoms with van der Waals surface area (Å²) in [5, 5.41) is 10.1. The second-order valence-corrected chi connectivity index (χ2v) is 6.21. The number of aromatic nitrogens is 3. The molecule has 1 saturated heterocycles. The van der Waals surface area contributed by atoms with E-state index in [0.29, 0.717) is 11.8 Å². The lowest BCUT2D eigenvalue weighted by atomic mass is 10.2. The van der Waals surface area contributed by atoms with Crippen LogP contribution in [-0.4, -0.2) is 40.0 Å². The van der Waals surface area contributed by atoms with Crippen LogP contribution in [0.1, 0.15) is 6.42 Å². The first-order valence-electron chi connectivity index (χ1n) is 6.71. The Morgan fingerprint density at radius 2 is 2.14 bits per heavy atom. The summed E-state index contributed by atoms with van der Waals surface area (Å²) in [4.78, 5) is 0. The first-order valence-corrected chi connectivity index (χ1v) is 8.08. The summed E-state index contributed by atoms with van der Waals surface area (Å²) in [6, 6.07) is 7.60. The maximum absolute atomic E-state index is 5.91. The highest BCUT2D eigenvalue weighted by atomic mass is 35.5. The average molecular weight is 326 g/mol. The molecule has 7 heteroatoms. The van der Waals surface area contributed by atoms with Gasteiger partial charge in [0.15, 0.2) is 11.0 Å². The molecule has 21 heavy (non-hydrogen) atoms. The monoisotopic (exact) mass is 325 g/mol. The Labute approximate surface area is 132 Å². The molecule has 1 aromatic carbocycles. The molecule has 0 spiro atoms. The van der Waals surface area contributed by atoms with Gasteiger partial charge in [-0.15, -0.1) is 10.2 Å². The highest BCUT2D eigenvalue weighted by molar-refractivity contribution is 7.99. The van der Waals surface area contributed by atoms with Gasteiger partial charge in [-0.05, 0) is 30.7 Å². The van der Waals surface area contributed by atoms with Crippen molar-refractivity contribution in [3.8, 4) is 11.4 Å². The lowest BCUT2D eigenvalue weighted by Gasteiger charge is -2.21. The van der Waals surface area contributed by atoms with Crippen molar-refractivity contribution in [1.82, 2.24) is 14.8 Å². The van der Waals surface area contributed by atoms with Crippen molar-refractivity contribution in [2.75, 3.05) is 19.2 Å². The van der Waals surface area contributed by atoms with Gasteiger partial charge in [-0.25, -0.2) is 0 Å². The summed E-state index contributed by atoms with van der Waals surface area (Å²) in [6.45, 7) is 1.15. The molecule has 1 fully saturated rings. The number of hydrogen-bond donors (Lipinski definition) is 0. The van der Waals surface area contributed by atoms with Crippen molar-refractivity contribution in [3.63, 3.8) is 0 Å². The number of hydrogen-bond acceptors (Lipinski definition) is 5. The molecule has 0 amide bonds. The lowest BCUT2D eigenvalue weighted by molar-refractivity contribution is -0.130. The van der Waals surface area contributed by atoms with Crippen LogP contribution >= 0.6 is 23.4 Å². The van der Waals surface area contributed by atoms with E-state index in [2.05, 4.69) is 10.2 Å². The molecule has 1 aliphatic heterocycles. The zero-order valence-electron chi connectivity index (χ0n) is 11.7. The van der Waals surface area contributed by atoms with E-state index < -0.39 is 0 Å². The minimum absolute atomic E-state index is 0.222. The minimum Gasteiger partial charge on any atom is -0.355 e. The van der Waals surface area contributed by atoms with Crippen LogP contribution in [0, 0.1) is 0 Å². The Morgan fingerprint density at radius 1 is 1.33 bits per heavy atom. The fourth-order valence-electron chi connectivity index (χ4n) is 2.09. The van der Waals surface area contributed by atoms with Gasteiger partial charge in [-0.2, -0.15) is 0 Å². The van der Waals surface area contributed by atoms with Crippen LogP contribution in [-0.2, 0) is 16.5 Å². The molecule has 0 saturated carbocycles. The third-order valence-electron chi connectivity index (χ3n) is 3.31. The molecule has 2 aromatic rings. The third-order valence-corrected chi connectivity index (χ3v) is 4.71. The first-order chi connectivity index (χ1) is 10.2. The van der Waals surface area contributed by atoms with Crippen molar-refractivity contribution in [2.24, 2.45) is 7.05 Å². The molecule has 5 nitrogen and oxygen atoms in total. The molecule has 0 radical (unpaired) electrons. The largest absolute Gasteiger partial charge is 0.355 e. The Morgan fingerprint density at radius 3 is 2.86 bits per heavy atom. The molecule has 1 aliphatic rings. The van der Waals surface area contributed by atoms with Crippen LogP contribution in [0.5, 0.6) is 0 Å². The Hall–Kier alpha value is -1.08. The van der Waals surface area contributed by atoms with E-state index in [1.54, 1.807) is 11.8 Å². The normalized spacial score (nSPS) is 18.9. The zero-order chi connectivity index (χ0) is 14.7. The summed E-state index contributed by atoms with van der Waals surface area (Å²) in [6.07, 6.45) is 1.15. The lowest BCUT2D eigenvalue weighted by Crippen LogP contribution is -2.25. The summed E-state index contributed by atoms with van der Waals surface area (Å²) in [7, 11) is 1.97. The molecular weight excluding hydrogens is 310 g/mol. The second kappa shape index (κ2) is 6.79. The van der Waals surface area contributed by atoms with Crippen molar-refractivity contribution in [2.45, 2.75) is 17.7 Å². The maximum atomic E-state index is 5.91. The summed E-state index contributed by atoms with van der Waals surface area (Å²) >= 11 is 7.56. The number of rotatable bonds is 4. The number of nitrogens with zero attached hydrogens (tertiary/aromatic N) is 3. The zero-order valence-corrected chi connectivity index (χ0v) is 13.2. The number of thioether (sulfide) groups is 1. The van der Waals surface area contributed by atoms with Crippen molar-refractivity contribution in [1.29, 1.82) is 0 Å². The van der Waals surface area contributed by atoms with Crippen LogP contribution in [0.25, 0.3) is 11.4 Å². The molecule has 1 atom stereocenters. The predicted octanol–water partition coefficient (Wildman–Crippen LogP) is 2.99. The smallest absolute Gasteiger partial charge is 0.191 e. The van der Waals surface area contributed by atoms with E-state index in [1.165, 1.54) is 0 Å². The Balaban J connectivity index is 1.68. The number of halogens is 1. The molecule has 1 aromatic heterocycles. The van der Waals surface area contributed by atoms with Crippen molar-refractivity contribution >= 4 is 23.4 Å². The quantitative estimate of drug-likeness (QED) is 0.809. The summed E-state index contributed by atoms with van der Waals surface area (Å²) < 4.78 is 12.7. The fourth-order valence-corrected chi connectivity index (χ4v) is 3.19. The number of ether oxygens (including phenoxy) is 2. The van der Waals surface area contributed by atoms with Gasteiger partial charge in [-0.3, -0.25) is 0 Å². The predicted molar refractivity (Wildman–Crippen MR) is 82.5 cm³/mol. The average Bonchev–Trinajstić information content (AvgIpc) is 2.88. The summed E-state index contributed by atoms with van der Waals surface area (Å²) in [5.74, 6) is 1.69. The van der Waals surface area contributed by atoms with E-state index in [-0.39, 0.29) is 6.10 Å². The van der Waals surface area contributed by atoms with Crippen molar-refractivity contribution < 1.29 is 9.47 Å². The van der Waals surface area contributed by atoms with Crippen LogP contribution in [0.3, 0.4) is 0 Å². The van der Waals surface area contributed by atoms with Crippen LogP contribution < -0.4 is 0 Å². The molecular formula is C14H16ClN3O2S. The standard InChI is InChI=1S/C14H16ClN3O2S/c1-18-13(10-2-4-11(15)5-3-10)16-17-14(18)21-8-12-6-7-19-9-20-12/h2-5,12H,6-9H2,1H3/t12-/m0/s1. The molecule has 0 aliphatic carbocycles. The molecule has 0 bridgehead atoms. The van der Waals surface area contributed by atoms with E-state index >= 15 is 0 Å². The van der Waals surface area contributed by atoms with Gasteiger partial charge in [0.05, 0.1) is 12.7 Å². The van der Waals surface area contributed by atoms with Crippen LogP contribution in [0.4, 0.5) is 0 Å². The van der Waals surface area contributed by atoms with Gasteiger partial charge in [-0.1, -0.05) is 23.4 Å². The van der Waals surface area contributed by atoms with E-state index in [1.807, 2.05) is 35.9 Å². The molecule has 112 valence electrons. The molecule has 0 N–H and O–H groups in total. The van der Waals surface area contributed by atoms with Gasteiger partial charge in [0.1, 0.15) is 6.79 Å². The molecule has 3 rings (SSSR count). The molecule has 2 heterocycles. The van der Waals surface area contributed by atoms with Gasteiger partial charge < -0.3 is 14.0 Å². The van der Waals surface area contributed by atoms with E-state index in [0.717, 1.165) is 35.3 Å². The third kappa shape index (κ3) is 3.58. The molecule has 0 unspecified atom stereocenters. The maximum Gasteiger partial charge on any atom is 0.191 e. The number of benzene rings is 1. The van der Waals surface area contributed by atoms with Gasteiger partial charge in [0.25, 0.3) is 0 Å². The van der Waals surface area contributed by atoms with Crippen molar-refractivity contribution in [3.05, 3.63) is 29.3 Å². The SMILES string of the molecule is Cn1c(SC[C@@H]2CCOCO2)nnc1-c1ccc(Cl)cc1. The highest BCUT2D eigenvalue weighted by Gasteiger charge is 2.17. The minimum atomic E-state index is 0.222. The van der Waals surface area contributed by atoms with Crippen LogP contribution in [0.15, 0.2) is 29.4 Å². The van der Waals surface area contributed by atoms with Gasteiger partial charge in [0, 0.05) is 23.4 Å².